The van der Waals surface area contributed by atoms with Crippen LogP contribution in [0.3, 0.4) is 0 Å². The van der Waals surface area contributed by atoms with Gasteiger partial charge in [-0.05, 0) is 46.7 Å². The average Bonchev–Trinajstić information content (AvgIpc) is 3.69. The molecule has 0 bridgehead atoms. The smallest absolute Gasteiger partial charge is 0.160 e. The van der Waals surface area contributed by atoms with E-state index in [1.54, 1.807) is 0 Å². The Morgan fingerprint density at radius 2 is 1.02 bits per heavy atom. The first-order chi connectivity index (χ1) is 24.3. The maximum absolute atomic E-state index is 5.22. The van der Waals surface area contributed by atoms with Gasteiger partial charge in [-0.15, -0.1) is 11.3 Å². The van der Waals surface area contributed by atoms with Crippen LogP contribution >= 0.6 is 11.3 Å². The highest BCUT2D eigenvalue weighted by Gasteiger charge is 2.44. The molecule has 6 aromatic carbocycles. The number of rotatable bonds is 4. The lowest BCUT2D eigenvalue weighted by atomic mass is 9.68. The fourth-order valence-corrected chi connectivity index (χ4v) is 10.1. The average molecular weight is 647 g/mol. The van der Waals surface area contributed by atoms with Gasteiger partial charge in [0, 0.05) is 47.8 Å². The molecule has 0 N–H and O–H groups in total. The molecule has 49 heavy (non-hydrogen) atoms. The van der Waals surface area contributed by atoms with E-state index in [0.29, 0.717) is 0 Å². The molecule has 0 aliphatic heterocycles. The van der Waals surface area contributed by atoms with Crippen molar-refractivity contribution >= 4 is 31.5 Å². The van der Waals surface area contributed by atoms with Crippen LogP contribution in [0.15, 0.2) is 146 Å². The topological polar surface area (TPSA) is 25.8 Å². The van der Waals surface area contributed by atoms with Crippen LogP contribution in [0.5, 0.6) is 0 Å². The summed E-state index contributed by atoms with van der Waals surface area (Å²) >= 11 is 1.90. The van der Waals surface area contributed by atoms with Crippen molar-refractivity contribution in [1.82, 2.24) is 9.97 Å². The molecule has 2 aliphatic carbocycles. The minimum absolute atomic E-state index is 0.140. The van der Waals surface area contributed by atoms with Crippen molar-refractivity contribution in [2.24, 2.45) is 0 Å². The third-order valence-electron chi connectivity index (χ3n) is 10.9. The molecular weight excluding hydrogens is 613 g/mol. The van der Waals surface area contributed by atoms with Gasteiger partial charge in [-0.1, -0.05) is 159 Å². The van der Waals surface area contributed by atoms with Gasteiger partial charge in [0.2, 0.25) is 0 Å². The van der Waals surface area contributed by atoms with Crippen LogP contribution in [0, 0.1) is 0 Å². The van der Waals surface area contributed by atoms with E-state index in [4.69, 9.17) is 9.97 Å². The quantitative estimate of drug-likeness (QED) is 0.190. The Morgan fingerprint density at radius 3 is 1.80 bits per heavy atom. The molecule has 0 unspecified atom stereocenters. The molecule has 2 aromatic heterocycles. The summed E-state index contributed by atoms with van der Waals surface area (Å²) in [6.45, 7) is 0. The normalized spacial score (nSPS) is 14.7. The molecule has 0 saturated heterocycles. The molecular formula is C46H34N2S. The second-order valence-electron chi connectivity index (χ2n) is 13.6. The van der Waals surface area contributed by atoms with Crippen LogP contribution in [-0.4, -0.2) is 9.97 Å². The minimum Gasteiger partial charge on any atom is -0.228 e. The number of fused-ring (bicyclic) bond motifs is 8. The summed E-state index contributed by atoms with van der Waals surface area (Å²) in [5, 5.41) is 2.58. The van der Waals surface area contributed by atoms with Gasteiger partial charge in [0.25, 0.3) is 0 Å². The van der Waals surface area contributed by atoms with E-state index in [-0.39, 0.29) is 5.41 Å². The highest BCUT2D eigenvalue weighted by molar-refractivity contribution is 7.26. The first-order valence-electron chi connectivity index (χ1n) is 17.5. The lowest BCUT2D eigenvalue weighted by Crippen LogP contribution is -2.27. The van der Waals surface area contributed by atoms with E-state index in [9.17, 15) is 0 Å². The number of aromatic nitrogens is 2. The summed E-state index contributed by atoms with van der Waals surface area (Å²) in [4.78, 5) is 10.3. The molecule has 2 heterocycles. The van der Waals surface area contributed by atoms with E-state index >= 15 is 0 Å². The molecule has 10 rings (SSSR count). The summed E-state index contributed by atoms with van der Waals surface area (Å²) in [6, 6.07) is 52.9. The standard InChI is InChI=1S/C46H34N2S/c1-4-15-30(16-5-1)40-29-41(48-45(47-40)31-17-6-2-7-18-31)37-24-13-23-35-34-22-12-21-33(43(34)49-44(35)37)32-20-14-26-39-42(32)36-19-8-9-25-38(36)46(39)27-10-3-11-28-46/h1-2,4-9,12-26,29H,3,10-11,27-28H2. The van der Waals surface area contributed by atoms with Crippen LogP contribution in [0.4, 0.5) is 0 Å². The molecule has 0 radical (unpaired) electrons. The lowest BCUT2D eigenvalue weighted by Gasteiger charge is -2.36. The Morgan fingerprint density at radius 1 is 0.449 bits per heavy atom. The Bertz CT molecular complexity index is 2470. The van der Waals surface area contributed by atoms with Crippen molar-refractivity contribution in [3.05, 3.63) is 157 Å². The van der Waals surface area contributed by atoms with Gasteiger partial charge in [-0.2, -0.15) is 0 Å². The predicted molar refractivity (Wildman–Crippen MR) is 206 cm³/mol. The zero-order chi connectivity index (χ0) is 32.4. The summed E-state index contributed by atoms with van der Waals surface area (Å²) in [7, 11) is 0. The molecule has 1 saturated carbocycles. The molecule has 3 heteroatoms. The highest BCUT2D eigenvalue weighted by atomic mass is 32.1. The van der Waals surface area contributed by atoms with Crippen LogP contribution in [0.25, 0.3) is 76.3 Å². The van der Waals surface area contributed by atoms with Crippen molar-refractivity contribution in [2.45, 2.75) is 37.5 Å². The fourth-order valence-electron chi connectivity index (χ4n) is 8.72. The molecule has 234 valence electrons. The Hall–Kier alpha value is -5.38. The van der Waals surface area contributed by atoms with E-state index in [1.165, 1.54) is 85.7 Å². The van der Waals surface area contributed by atoms with Crippen molar-refractivity contribution in [2.75, 3.05) is 0 Å². The van der Waals surface area contributed by atoms with E-state index < -0.39 is 0 Å². The van der Waals surface area contributed by atoms with Crippen molar-refractivity contribution in [3.63, 3.8) is 0 Å². The zero-order valence-electron chi connectivity index (χ0n) is 27.2. The summed E-state index contributed by atoms with van der Waals surface area (Å²) in [6.07, 6.45) is 6.42. The van der Waals surface area contributed by atoms with Crippen LogP contribution in [0.2, 0.25) is 0 Å². The number of hydrogen-bond donors (Lipinski definition) is 0. The third kappa shape index (κ3) is 4.46. The second-order valence-corrected chi connectivity index (χ2v) is 14.6. The SMILES string of the molecule is c1ccc(-c2cc(-c3cccc4c3sc3c(-c5cccc6c5-c5ccccc5C65CCCCC5)cccc34)nc(-c3ccccc3)n2)cc1. The van der Waals surface area contributed by atoms with Gasteiger partial charge in [0.05, 0.1) is 11.4 Å². The van der Waals surface area contributed by atoms with Gasteiger partial charge >= 0.3 is 0 Å². The summed E-state index contributed by atoms with van der Waals surface area (Å²) in [5.74, 6) is 0.742. The Labute approximate surface area is 290 Å². The maximum Gasteiger partial charge on any atom is 0.160 e. The minimum atomic E-state index is 0.140. The molecule has 1 fully saturated rings. The molecule has 2 aliphatic rings. The van der Waals surface area contributed by atoms with Gasteiger partial charge in [-0.25, -0.2) is 9.97 Å². The number of benzene rings is 6. The molecule has 0 amide bonds. The maximum atomic E-state index is 5.22. The fraction of sp³-hybridized carbons (Fsp3) is 0.130. The lowest BCUT2D eigenvalue weighted by molar-refractivity contribution is 0.353. The van der Waals surface area contributed by atoms with E-state index in [2.05, 4.69) is 140 Å². The van der Waals surface area contributed by atoms with Crippen LogP contribution in [0.1, 0.15) is 43.2 Å². The first-order valence-corrected chi connectivity index (χ1v) is 18.3. The largest absolute Gasteiger partial charge is 0.228 e. The monoisotopic (exact) mass is 646 g/mol. The number of nitrogens with zero attached hydrogens (tertiary/aromatic N) is 2. The van der Waals surface area contributed by atoms with Crippen molar-refractivity contribution in [1.29, 1.82) is 0 Å². The van der Waals surface area contributed by atoms with Crippen LogP contribution < -0.4 is 0 Å². The molecule has 2 nitrogen and oxygen atoms in total. The van der Waals surface area contributed by atoms with Crippen LogP contribution in [-0.2, 0) is 5.41 Å². The van der Waals surface area contributed by atoms with Crippen molar-refractivity contribution in [3.8, 4) is 56.2 Å². The van der Waals surface area contributed by atoms with Gasteiger partial charge in [0.1, 0.15) is 0 Å². The third-order valence-corrected chi connectivity index (χ3v) is 12.2. The first kappa shape index (κ1) is 28.6. The zero-order valence-corrected chi connectivity index (χ0v) is 28.0. The molecule has 1 spiro atoms. The van der Waals surface area contributed by atoms with E-state index in [0.717, 1.165) is 33.9 Å². The Balaban J connectivity index is 1.19. The van der Waals surface area contributed by atoms with Crippen molar-refractivity contribution < 1.29 is 0 Å². The second kappa shape index (κ2) is 11.4. The van der Waals surface area contributed by atoms with Gasteiger partial charge in [0.15, 0.2) is 5.82 Å². The predicted octanol–water partition coefficient (Wildman–Crippen LogP) is 12.7. The molecule has 8 aromatic rings. The van der Waals surface area contributed by atoms with Gasteiger partial charge in [-0.3, -0.25) is 0 Å². The highest BCUT2D eigenvalue weighted by Crippen LogP contribution is 2.58. The summed E-state index contributed by atoms with van der Waals surface area (Å²) in [5.41, 5.74) is 13.9. The Kier molecular flexibility index (Phi) is 6.63. The van der Waals surface area contributed by atoms with E-state index in [1.807, 2.05) is 17.4 Å². The number of thiophene rings is 1. The summed E-state index contributed by atoms with van der Waals surface area (Å²) < 4.78 is 2.60. The van der Waals surface area contributed by atoms with Gasteiger partial charge < -0.3 is 0 Å². The molecule has 0 atom stereocenters. The number of hydrogen-bond acceptors (Lipinski definition) is 3.